The first-order valence-corrected chi connectivity index (χ1v) is 7.61. The molecular formula is C16H17NO3S. The van der Waals surface area contributed by atoms with Crippen LogP contribution in [0.3, 0.4) is 0 Å². The van der Waals surface area contributed by atoms with E-state index in [1.807, 2.05) is 54.1 Å². The quantitative estimate of drug-likeness (QED) is 0.861. The van der Waals surface area contributed by atoms with Crippen molar-refractivity contribution in [1.82, 2.24) is 5.32 Å². The maximum Gasteiger partial charge on any atom is 0.305 e. The van der Waals surface area contributed by atoms with Crippen molar-refractivity contribution in [3.05, 3.63) is 58.3 Å². The van der Waals surface area contributed by atoms with Crippen molar-refractivity contribution in [2.45, 2.75) is 25.3 Å². The van der Waals surface area contributed by atoms with Gasteiger partial charge in [0, 0.05) is 0 Å². The molecule has 0 fully saturated rings. The number of amides is 1. The number of benzene rings is 1. The van der Waals surface area contributed by atoms with E-state index in [0.29, 0.717) is 0 Å². The number of aliphatic carboxylic acids is 1. The van der Waals surface area contributed by atoms with Crippen molar-refractivity contribution in [2.75, 3.05) is 0 Å². The third-order valence-electron chi connectivity index (χ3n) is 3.33. The molecule has 1 heterocycles. The fraction of sp³-hybridized carbons (Fsp3) is 0.250. The van der Waals surface area contributed by atoms with Gasteiger partial charge >= 0.3 is 5.97 Å². The summed E-state index contributed by atoms with van der Waals surface area (Å²) in [7, 11) is 0. The average Bonchev–Trinajstić information content (AvgIpc) is 3.00. The van der Waals surface area contributed by atoms with Crippen LogP contribution >= 0.6 is 11.3 Å². The Morgan fingerprint density at radius 2 is 1.90 bits per heavy atom. The van der Waals surface area contributed by atoms with Gasteiger partial charge in [0.2, 0.25) is 5.91 Å². The number of hydrogen-bond donors (Lipinski definition) is 2. The number of carbonyl (C=O) groups excluding carboxylic acids is 1. The number of rotatable bonds is 6. The molecule has 2 N–H and O–H groups in total. The van der Waals surface area contributed by atoms with E-state index in [1.54, 1.807) is 0 Å². The van der Waals surface area contributed by atoms with Gasteiger partial charge in [0.15, 0.2) is 0 Å². The molecular weight excluding hydrogens is 286 g/mol. The van der Waals surface area contributed by atoms with E-state index in [4.69, 9.17) is 5.11 Å². The molecule has 0 aliphatic heterocycles. The Labute approximate surface area is 127 Å². The van der Waals surface area contributed by atoms with Crippen LogP contribution in [-0.2, 0) is 9.59 Å². The van der Waals surface area contributed by atoms with Gasteiger partial charge < -0.3 is 10.4 Å². The molecule has 0 unspecified atom stereocenters. The van der Waals surface area contributed by atoms with Crippen molar-refractivity contribution in [1.29, 1.82) is 0 Å². The van der Waals surface area contributed by atoms with Gasteiger partial charge in [0.25, 0.3) is 0 Å². The SMILES string of the molecule is C[C@H](C(=O)N[C@H](CC(=O)O)c1ccccc1)c1ccsc1. The van der Waals surface area contributed by atoms with Crippen molar-refractivity contribution in [2.24, 2.45) is 0 Å². The molecule has 1 aromatic heterocycles. The number of hydrogen-bond acceptors (Lipinski definition) is 3. The fourth-order valence-corrected chi connectivity index (χ4v) is 2.84. The minimum absolute atomic E-state index is 0.133. The standard InChI is InChI=1S/C16H17NO3S/c1-11(13-7-8-21-10-13)16(20)17-14(9-15(18)19)12-5-3-2-4-6-12/h2-8,10-11,14H,9H2,1H3,(H,17,20)(H,18,19)/t11-,14+/m0/s1. The molecule has 21 heavy (non-hydrogen) atoms. The van der Waals surface area contributed by atoms with E-state index in [1.165, 1.54) is 11.3 Å². The molecule has 0 spiro atoms. The van der Waals surface area contributed by atoms with Crippen LogP contribution in [0, 0.1) is 0 Å². The van der Waals surface area contributed by atoms with Gasteiger partial charge in [0.05, 0.1) is 18.4 Å². The molecule has 2 aromatic rings. The Hall–Kier alpha value is -2.14. The zero-order valence-electron chi connectivity index (χ0n) is 11.7. The van der Waals surface area contributed by atoms with Gasteiger partial charge in [0.1, 0.15) is 0 Å². The van der Waals surface area contributed by atoms with Crippen LogP contribution in [-0.4, -0.2) is 17.0 Å². The Morgan fingerprint density at radius 1 is 1.19 bits per heavy atom. The fourth-order valence-electron chi connectivity index (χ4n) is 2.08. The Bertz CT molecular complexity index is 595. The molecule has 1 amide bonds. The Morgan fingerprint density at radius 3 is 2.48 bits per heavy atom. The summed E-state index contributed by atoms with van der Waals surface area (Å²) in [5, 5.41) is 15.7. The average molecular weight is 303 g/mol. The summed E-state index contributed by atoms with van der Waals surface area (Å²) in [5.74, 6) is -1.40. The van der Waals surface area contributed by atoms with Crippen LogP contribution in [0.4, 0.5) is 0 Å². The third kappa shape index (κ3) is 4.16. The van der Waals surface area contributed by atoms with Gasteiger partial charge in [-0.15, -0.1) is 0 Å². The minimum atomic E-state index is -0.938. The lowest BCUT2D eigenvalue weighted by Gasteiger charge is -2.20. The van der Waals surface area contributed by atoms with Crippen LogP contribution < -0.4 is 5.32 Å². The summed E-state index contributed by atoms with van der Waals surface area (Å²) in [4.78, 5) is 23.3. The highest BCUT2D eigenvalue weighted by Gasteiger charge is 2.22. The number of thiophene rings is 1. The van der Waals surface area contributed by atoms with Crippen LogP contribution in [0.1, 0.15) is 36.4 Å². The van der Waals surface area contributed by atoms with E-state index in [2.05, 4.69) is 5.32 Å². The molecule has 2 atom stereocenters. The number of carbonyl (C=O) groups is 2. The Balaban J connectivity index is 2.11. The van der Waals surface area contributed by atoms with Gasteiger partial charge in [-0.05, 0) is 34.9 Å². The number of carboxylic acid groups (broad SMARTS) is 1. The predicted octanol–water partition coefficient (Wildman–Crippen LogP) is 3.18. The van der Waals surface area contributed by atoms with E-state index in [0.717, 1.165) is 11.1 Å². The van der Waals surface area contributed by atoms with Gasteiger partial charge in [-0.2, -0.15) is 11.3 Å². The highest BCUT2D eigenvalue weighted by molar-refractivity contribution is 7.08. The van der Waals surface area contributed by atoms with E-state index in [9.17, 15) is 9.59 Å². The first-order chi connectivity index (χ1) is 10.1. The van der Waals surface area contributed by atoms with Crippen LogP contribution in [0.25, 0.3) is 0 Å². The van der Waals surface area contributed by atoms with Crippen LogP contribution in [0.15, 0.2) is 47.2 Å². The van der Waals surface area contributed by atoms with E-state index < -0.39 is 12.0 Å². The summed E-state index contributed by atoms with van der Waals surface area (Å²) >= 11 is 1.54. The summed E-state index contributed by atoms with van der Waals surface area (Å²) < 4.78 is 0. The second-order valence-electron chi connectivity index (χ2n) is 4.85. The highest BCUT2D eigenvalue weighted by atomic mass is 32.1. The third-order valence-corrected chi connectivity index (χ3v) is 4.04. The van der Waals surface area contributed by atoms with Crippen molar-refractivity contribution < 1.29 is 14.7 Å². The zero-order valence-corrected chi connectivity index (χ0v) is 12.5. The molecule has 0 radical (unpaired) electrons. The maximum absolute atomic E-state index is 12.3. The van der Waals surface area contributed by atoms with E-state index in [-0.39, 0.29) is 18.2 Å². The molecule has 110 valence electrons. The number of nitrogens with one attached hydrogen (secondary N) is 1. The van der Waals surface area contributed by atoms with Crippen LogP contribution in [0.5, 0.6) is 0 Å². The summed E-state index contributed by atoms with van der Waals surface area (Å²) in [6.07, 6.45) is -0.133. The summed E-state index contributed by atoms with van der Waals surface area (Å²) in [6, 6.07) is 10.6. The summed E-state index contributed by atoms with van der Waals surface area (Å²) in [6.45, 7) is 1.82. The van der Waals surface area contributed by atoms with E-state index >= 15 is 0 Å². The lowest BCUT2D eigenvalue weighted by molar-refractivity contribution is -0.137. The molecule has 0 saturated carbocycles. The monoisotopic (exact) mass is 303 g/mol. The minimum Gasteiger partial charge on any atom is -0.481 e. The van der Waals surface area contributed by atoms with Gasteiger partial charge in [-0.1, -0.05) is 30.3 Å². The number of carboxylic acids is 1. The zero-order chi connectivity index (χ0) is 15.2. The highest BCUT2D eigenvalue weighted by Crippen LogP contribution is 2.22. The summed E-state index contributed by atoms with van der Waals surface area (Å²) in [5.41, 5.74) is 1.74. The second-order valence-corrected chi connectivity index (χ2v) is 5.63. The lowest BCUT2D eigenvalue weighted by Crippen LogP contribution is -2.33. The maximum atomic E-state index is 12.3. The molecule has 0 aliphatic carbocycles. The van der Waals surface area contributed by atoms with Gasteiger partial charge in [-0.25, -0.2) is 0 Å². The molecule has 1 aromatic carbocycles. The van der Waals surface area contributed by atoms with Crippen molar-refractivity contribution >= 4 is 23.2 Å². The predicted molar refractivity (Wildman–Crippen MR) is 82.3 cm³/mol. The normalized spacial score (nSPS) is 13.4. The first-order valence-electron chi connectivity index (χ1n) is 6.67. The smallest absolute Gasteiger partial charge is 0.305 e. The van der Waals surface area contributed by atoms with Gasteiger partial charge in [-0.3, -0.25) is 9.59 Å². The molecule has 0 bridgehead atoms. The molecule has 2 rings (SSSR count). The van der Waals surface area contributed by atoms with Crippen molar-refractivity contribution in [3.63, 3.8) is 0 Å². The second kappa shape index (κ2) is 7.04. The van der Waals surface area contributed by atoms with Crippen molar-refractivity contribution in [3.8, 4) is 0 Å². The largest absolute Gasteiger partial charge is 0.481 e. The molecule has 4 nitrogen and oxygen atoms in total. The van der Waals surface area contributed by atoms with Crippen LogP contribution in [0.2, 0.25) is 0 Å². The lowest BCUT2D eigenvalue weighted by atomic mass is 10.00. The molecule has 5 heteroatoms. The Kier molecular flexibility index (Phi) is 5.11. The first kappa shape index (κ1) is 15.3. The molecule has 0 saturated heterocycles. The molecule has 0 aliphatic rings. The topological polar surface area (TPSA) is 66.4 Å².